The minimum absolute atomic E-state index is 0.315. The van der Waals surface area contributed by atoms with Crippen molar-refractivity contribution in [3.8, 4) is 0 Å². The fraction of sp³-hybridized carbons (Fsp3) is 0.455. The van der Waals surface area contributed by atoms with E-state index >= 15 is 0 Å². The number of aliphatic hydroxyl groups excluding tert-OH is 1. The predicted octanol–water partition coefficient (Wildman–Crippen LogP) is 0.156. The lowest BCUT2D eigenvalue weighted by Gasteiger charge is -2.23. The highest BCUT2D eigenvalue weighted by Gasteiger charge is 2.30. The van der Waals surface area contributed by atoms with Crippen LogP contribution in [0, 0.1) is 0 Å². The summed E-state index contributed by atoms with van der Waals surface area (Å²) >= 11 is 0. The number of benzene rings is 1. The van der Waals surface area contributed by atoms with Crippen LogP contribution in [-0.4, -0.2) is 40.8 Å². The van der Waals surface area contributed by atoms with Crippen LogP contribution in [0.3, 0.4) is 0 Å². The monoisotopic (exact) mass is 209 g/mol. The van der Waals surface area contributed by atoms with Crippen molar-refractivity contribution in [2.24, 2.45) is 0 Å². The van der Waals surface area contributed by atoms with E-state index in [2.05, 4.69) is 0 Å². The van der Waals surface area contributed by atoms with Gasteiger partial charge in [-0.3, -0.25) is 4.90 Å². The maximum Gasteiger partial charge on any atom is 0.169 e. The van der Waals surface area contributed by atoms with Crippen LogP contribution in [0.25, 0.3) is 0 Å². The van der Waals surface area contributed by atoms with Crippen molar-refractivity contribution in [1.29, 1.82) is 0 Å². The van der Waals surface area contributed by atoms with Crippen LogP contribution in [0.2, 0.25) is 0 Å². The molecular weight excluding hydrogens is 194 g/mol. The normalized spacial score (nSPS) is 22.5. The summed E-state index contributed by atoms with van der Waals surface area (Å²) in [7, 11) is 0. The minimum atomic E-state index is -1.34. The molecule has 1 aliphatic heterocycles. The molecule has 0 radical (unpaired) electrons. The lowest BCUT2D eigenvalue weighted by atomic mass is 10.2. The van der Waals surface area contributed by atoms with Gasteiger partial charge >= 0.3 is 0 Å². The highest BCUT2D eigenvalue weighted by Crippen LogP contribution is 2.15. The third-order valence-electron chi connectivity index (χ3n) is 2.59. The molecule has 15 heavy (non-hydrogen) atoms. The van der Waals surface area contributed by atoms with E-state index < -0.39 is 6.29 Å². The van der Waals surface area contributed by atoms with E-state index in [0.717, 1.165) is 5.56 Å². The molecule has 0 unspecified atom stereocenters. The molecule has 1 fully saturated rings. The van der Waals surface area contributed by atoms with Crippen molar-refractivity contribution in [2.45, 2.75) is 18.9 Å². The molecular formula is C11H15NO3. The first-order valence-corrected chi connectivity index (χ1v) is 4.99. The lowest BCUT2D eigenvalue weighted by molar-refractivity contribution is -0.0886. The maximum absolute atomic E-state index is 9.13. The molecule has 2 N–H and O–H groups in total. The topological polar surface area (TPSA) is 52.9 Å². The SMILES string of the molecule is OC(O)[C@@H]1COCN1Cc1ccccc1. The Bertz CT molecular complexity index is 302. The Balaban J connectivity index is 2.00. The number of nitrogens with zero attached hydrogens (tertiary/aromatic N) is 1. The molecule has 1 heterocycles. The molecule has 1 atom stereocenters. The van der Waals surface area contributed by atoms with Crippen molar-refractivity contribution >= 4 is 0 Å². The fourth-order valence-electron chi connectivity index (χ4n) is 1.75. The molecule has 2 rings (SSSR count). The Hall–Kier alpha value is -0.940. The molecule has 1 aromatic rings. The molecule has 4 nitrogen and oxygen atoms in total. The Morgan fingerprint density at radius 3 is 2.73 bits per heavy atom. The molecule has 0 aromatic heterocycles. The average molecular weight is 209 g/mol. The summed E-state index contributed by atoms with van der Waals surface area (Å²) in [4.78, 5) is 1.92. The minimum Gasteiger partial charge on any atom is -0.367 e. The van der Waals surface area contributed by atoms with E-state index in [4.69, 9.17) is 14.9 Å². The molecule has 82 valence electrons. The Morgan fingerprint density at radius 2 is 2.07 bits per heavy atom. The van der Waals surface area contributed by atoms with Crippen molar-refractivity contribution in [1.82, 2.24) is 4.90 Å². The molecule has 1 saturated heterocycles. The summed E-state index contributed by atoms with van der Waals surface area (Å²) in [5.41, 5.74) is 1.15. The Morgan fingerprint density at radius 1 is 1.33 bits per heavy atom. The number of rotatable bonds is 3. The molecule has 0 saturated carbocycles. The highest BCUT2D eigenvalue weighted by molar-refractivity contribution is 5.14. The van der Waals surface area contributed by atoms with E-state index in [1.54, 1.807) is 0 Å². The number of ether oxygens (including phenoxy) is 1. The van der Waals surface area contributed by atoms with Crippen LogP contribution < -0.4 is 0 Å². The van der Waals surface area contributed by atoms with Gasteiger partial charge in [0.15, 0.2) is 6.29 Å². The van der Waals surface area contributed by atoms with Gasteiger partial charge in [-0.05, 0) is 5.56 Å². The van der Waals surface area contributed by atoms with Crippen molar-refractivity contribution in [2.75, 3.05) is 13.3 Å². The zero-order valence-corrected chi connectivity index (χ0v) is 8.41. The first-order chi connectivity index (χ1) is 7.27. The highest BCUT2D eigenvalue weighted by atomic mass is 16.5. The third kappa shape index (κ3) is 2.54. The lowest BCUT2D eigenvalue weighted by Crippen LogP contribution is -2.40. The van der Waals surface area contributed by atoms with Gasteiger partial charge in [-0.15, -0.1) is 0 Å². The molecule has 0 aliphatic carbocycles. The zero-order chi connectivity index (χ0) is 10.7. The van der Waals surface area contributed by atoms with Crippen LogP contribution >= 0.6 is 0 Å². The van der Waals surface area contributed by atoms with Gasteiger partial charge in [0.1, 0.15) is 0 Å². The molecule has 0 bridgehead atoms. The van der Waals surface area contributed by atoms with Gasteiger partial charge in [-0.1, -0.05) is 30.3 Å². The van der Waals surface area contributed by atoms with Gasteiger partial charge in [0, 0.05) is 6.54 Å². The van der Waals surface area contributed by atoms with Crippen LogP contribution in [0.4, 0.5) is 0 Å². The second-order valence-corrected chi connectivity index (χ2v) is 3.71. The number of hydrogen-bond donors (Lipinski definition) is 2. The third-order valence-corrected chi connectivity index (χ3v) is 2.59. The number of aliphatic hydroxyl groups is 2. The summed E-state index contributed by atoms with van der Waals surface area (Å²) in [6, 6.07) is 9.61. The maximum atomic E-state index is 9.13. The van der Waals surface area contributed by atoms with Gasteiger partial charge in [-0.25, -0.2) is 0 Å². The summed E-state index contributed by atoms with van der Waals surface area (Å²) in [5.74, 6) is 0. The molecule has 0 spiro atoms. The van der Waals surface area contributed by atoms with Crippen molar-refractivity contribution < 1.29 is 14.9 Å². The number of hydrogen-bond acceptors (Lipinski definition) is 4. The standard InChI is InChI=1S/C11H15NO3/c13-11(14)10-7-15-8-12(10)6-9-4-2-1-3-5-9/h1-5,10-11,13-14H,6-8H2/t10-/m0/s1. The summed E-state index contributed by atoms with van der Waals surface area (Å²) in [5, 5.41) is 18.3. The van der Waals surface area contributed by atoms with Crippen LogP contribution in [0.1, 0.15) is 5.56 Å². The second-order valence-electron chi connectivity index (χ2n) is 3.71. The first-order valence-electron chi connectivity index (χ1n) is 4.99. The molecule has 1 aliphatic rings. The van der Waals surface area contributed by atoms with Crippen molar-refractivity contribution in [3.05, 3.63) is 35.9 Å². The van der Waals surface area contributed by atoms with E-state index in [-0.39, 0.29) is 6.04 Å². The molecule has 0 amide bonds. The molecule has 1 aromatic carbocycles. The van der Waals surface area contributed by atoms with Gasteiger partial charge in [0.2, 0.25) is 0 Å². The largest absolute Gasteiger partial charge is 0.367 e. The Kier molecular flexibility index (Phi) is 3.33. The second kappa shape index (κ2) is 4.72. The van der Waals surface area contributed by atoms with E-state index in [0.29, 0.717) is 19.9 Å². The van der Waals surface area contributed by atoms with Gasteiger partial charge in [-0.2, -0.15) is 0 Å². The van der Waals surface area contributed by atoms with E-state index in [9.17, 15) is 0 Å². The predicted molar refractivity (Wildman–Crippen MR) is 54.8 cm³/mol. The smallest absolute Gasteiger partial charge is 0.169 e. The van der Waals surface area contributed by atoms with Crippen LogP contribution in [-0.2, 0) is 11.3 Å². The average Bonchev–Trinajstić information content (AvgIpc) is 2.67. The van der Waals surface area contributed by atoms with E-state index in [1.165, 1.54) is 0 Å². The first kappa shape index (κ1) is 10.6. The zero-order valence-electron chi connectivity index (χ0n) is 8.41. The van der Waals surface area contributed by atoms with Crippen LogP contribution in [0.5, 0.6) is 0 Å². The quantitative estimate of drug-likeness (QED) is 0.696. The van der Waals surface area contributed by atoms with E-state index in [1.807, 2.05) is 35.2 Å². The Labute approximate surface area is 88.7 Å². The molecule has 4 heteroatoms. The van der Waals surface area contributed by atoms with Gasteiger partial charge < -0.3 is 14.9 Å². The summed E-state index contributed by atoms with van der Waals surface area (Å²) in [6.45, 7) is 1.52. The summed E-state index contributed by atoms with van der Waals surface area (Å²) < 4.78 is 5.21. The summed E-state index contributed by atoms with van der Waals surface area (Å²) in [6.07, 6.45) is -1.34. The van der Waals surface area contributed by atoms with Gasteiger partial charge in [0.25, 0.3) is 0 Å². The van der Waals surface area contributed by atoms with Crippen LogP contribution in [0.15, 0.2) is 30.3 Å². The van der Waals surface area contributed by atoms with Crippen molar-refractivity contribution in [3.63, 3.8) is 0 Å². The fourth-order valence-corrected chi connectivity index (χ4v) is 1.75. The van der Waals surface area contributed by atoms with Gasteiger partial charge in [0.05, 0.1) is 19.4 Å².